The van der Waals surface area contributed by atoms with Crippen molar-refractivity contribution in [1.29, 1.82) is 0 Å². The van der Waals surface area contributed by atoms with Crippen molar-refractivity contribution >= 4 is 27.3 Å². The van der Waals surface area contributed by atoms with E-state index in [9.17, 15) is 13.2 Å². The highest BCUT2D eigenvalue weighted by atomic mass is 32.2. The molecule has 1 aliphatic carbocycles. The molecule has 152 valence electrons. The Morgan fingerprint density at radius 2 is 1.86 bits per heavy atom. The van der Waals surface area contributed by atoms with Crippen molar-refractivity contribution in [2.24, 2.45) is 5.92 Å². The van der Waals surface area contributed by atoms with E-state index in [1.807, 2.05) is 6.07 Å². The van der Waals surface area contributed by atoms with Crippen molar-refractivity contribution in [3.8, 4) is 0 Å². The summed E-state index contributed by atoms with van der Waals surface area (Å²) in [5, 5.41) is 4.34. The molecule has 8 heteroatoms. The number of piperidine rings is 1. The van der Waals surface area contributed by atoms with E-state index < -0.39 is 10.0 Å². The van der Waals surface area contributed by atoms with Gasteiger partial charge in [0.25, 0.3) is 5.91 Å². The zero-order valence-electron chi connectivity index (χ0n) is 16.7. The fraction of sp³-hybridized carbons (Fsp3) is 0.600. The zero-order chi connectivity index (χ0) is 20.1. The minimum absolute atomic E-state index is 0.191. The standard InChI is InChI=1S/C20H27N3O3S2/c1-13-8-10-22(11-9-13)28(25,26)19-14(2)21-23(15(19)3)20(24)18-12-16-6-4-5-7-17(16)27-18/h12-13H,4-11H2,1-3H3. The number of rotatable bonds is 3. The number of carbonyl (C=O) groups excluding carboxylic acids is 1. The summed E-state index contributed by atoms with van der Waals surface area (Å²) in [6.07, 6.45) is 6.10. The molecule has 1 aliphatic heterocycles. The highest BCUT2D eigenvalue weighted by Gasteiger charge is 2.34. The smallest absolute Gasteiger partial charge is 0.266 e. The molecule has 0 radical (unpaired) electrons. The molecule has 0 N–H and O–H groups in total. The van der Waals surface area contributed by atoms with Gasteiger partial charge in [-0.3, -0.25) is 4.79 Å². The van der Waals surface area contributed by atoms with E-state index in [1.54, 1.807) is 18.2 Å². The van der Waals surface area contributed by atoms with Gasteiger partial charge in [0.2, 0.25) is 10.0 Å². The average molecular weight is 422 g/mol. The molecule has 6 nitrogen and oxygen atoms in total. The molecule has 0 amide bonds. The lowest BCUT2D eigenvalue weighted by atomic mass is 9.99. The van der Waals surface area contributed by atoms with E-state index in [0.29, 0.717) is 35.3 Å². The van der Waals surface area contributed by atoms with Gasteiger partial charge < -0.3 is 0 Å². The van der Waals surface area contributed by atoms with E-state index in [2.05, 4.69) is 12.0 Å². The van der Waals surface area contributed by atoms with E-state index in [4.69, 9.17) is 0 Å². The summed E-state index contributed by atoms with van der Waals surface area (Å²) in [6.45, 7) is 6.57. The molecule has 4 rings (SSSR count). The van der Waals surface area contributed by atoms with E-state index >= 15 is 0 Å². The van der Waals surface area contributed by atoms with Gasteiger partial charge >= 0.3 is 0 Å². The third kappa shape index (κ3) is 3.35. The molecule has 0 saturated carbocycles. The Morgan fingerprint density at radius 1 is 1.18 bits per heavy atom. The van der Waals surface area contributed by atoms with E-state index in [0.717, 1.165) is 38.5 Å². The number of hydrogen-bond acceptors (Lipinski definition) is 5. The number of hydrogen-bond donors (Lipinski definition) is 0. The van der Waals surface area contributed by atoms with Gasteiger partial charge in [0.05, 0.1) is 16.3 Å². The van der Waals surface area contributed by atoms with E-state index in [1.165, 1.54) is 26.5 Å². The maximum absolute atomic E-state index is 13.2. The lowest BCUT2D eigenvalue weighted by Gasteiger charge is -2.29. The predicted molar refractivity (Wildman–Crippen MR) is 110 cm³/mol. The molecule has 2 aliphatic rings. The van der Waals surface area contributed by atoms with Gasteiger partial charge in [-0.25, -0.2) is 8.42 Å². The topological polar surface area (TPSA) is 72.3 Å². The van der Waals surface area contributed by atoms with Crippen LogP contribution in [0.3, 0.4) is 0 Å². The van der Waals surface area contributed by atoms with Gasteiger partial charge in [0.1, 0.15) is 4.90 Å². The van der Waals surface area contributed by atoms with Gasteiger partial charge in [-0.1, -0.05) is 6.92 Å². The van der Waals surface area contributed by atoms with Crippen LogP contribution in [-0.2, 0) is 22.9 Å². The summed E-state index contributed by atoms with van der Waals surface area (Å²) < 4.78 is 29.3. The Morgan fingerprint density at radius 3 is 2.54 bits per heavy atom. The number of nitrogens with zero attached hydrogens (tertiary/aromatic N) is 3. The number of carbonyl (C=O) groups is 1. The van der Waals surface area contributed by atoms with Crippen molar-refractivity contribution in [3.63, 3.8) is 0 Å². The first-order valence-electron chi connectivity index (χ1n) is 10.0. The Hall–Kier alpha value is -1.51. The largest absolute Gasteiger partial charge is 0.288 e. The van der Waals surface area contributed by atoms with Gasteiger partial charge in [0, 0.05) is 18.0 Å². The minimum Gasteiger partial charge on any atom is -0.266 e. The molecular formula is C20H27N3O3S2. The van der Waals surface area contributed by atoms with Crippen LogP contribution in [-0.4, -0.2) is 41.5 Å². The molecule has 28 heavy (non-hydrogen) atoms. The molecule has 1 fully saturated rings. The second-order valence-electron chi connectivity index (χ2n) is 8.07. The summed E-state index contributed by atoms with van der Waals surface area (Å²) in [6, 6.07) is 1.97. The van der Waals surface area contributed by atoms with Crippen molar-refractivity contribution in [3.05, 3.63) is 32.8 Å². The minimum atomic E-state index is -3.64. The number of aryl methyl sites for hydroxylation is 3. The Bertz CT molecular complexity index is 988. The molecule has 2 aromatic heterocycles. The van der Waals surface area contributed by atoms with Crippen LogP contribution in [0.2, 0.25) is 0 Å². The Labute approximate surface area is 170 Å². The molecule has 0 atom stereocenters. The fourth-order valence-electron chi connectivity index (χ4n) is 4.25. The average Bonchev–Trinajstić information content (AvgIpc) is 3.22. The molecule has 0 aromatic carbocycles. The van der Waals surface area contributed by atoms with Crippen LogP contribution in [0.4, 0.5) is 0 Å². The lowest BCUT2D eigenvalue weighted by Crippen LogP contribution is -2.38. The Kier molecular flexibility index (Phi) is 5.22. The maximum atomic E-state index is 13.2. The van der Waals surface area contributed by atoms with Crippen LogP contribution in [0.25, 0.3) is 0 Å². The van der Waals surface area contributed by atoms with Crippen LogP contribution in [0.15, 0.2) is 11.0 Å². The lowest BCUT2D eigenvalue weighted by molar-refractivity contribution is 0.0946. The molecule has 0 bridgehead atoms. The quantitative estimate of drug-likeness (QED) is 0.760. The summed E-state index contributed by atoms with van der Waals surface area (Å²) in [5.41, 5.74) is 2.06. The first-order chi connectivity index (χ1) is 13.3. The van der Waals surface area contributed by atoms with Crippen LogP contribution in [0.1, 0.15) is 64.1 Å². The van der Waals surface area contributed by atoms with Crippen molar-refractivity contribution in [2.45, 2.75) is 64.2 Å². The van der Waals surface area contributed by atoms with Crippen LogP contribution >= 0.6 is 11.3 Å². The highest BCUT2D eigenvalue weighted by molar-refractivity contribution is 7.89. The fourth-order valence-corrected chi connectivity index (χ4v) is 7.26. The van der Waals surface area contributed by atoms with Gasteiger partial charge in [0.15, 0.2) is 0 Å². The van der Waals surface area contributed by atoms with Crippen LogP contribution in [0.5, 0.6) is 0 Å². The van der Waals surface area contributed by atoms with E-state index in [-0.39, 0.29) is 10.8 Å². The molecular weight excluding hydrogens is 394 g/mol. The summed E-state index contributed by atoms with van der Waals surface area (Å²) in [7, 11) is -3.64. The second kappa shape index (κ2) is 7.39. The molecule has 0 spiro atoms. The second-order valence-corrected chi connectivity index (χ2v) is 11.1. The monoisotopic (exact) mass is 421 g/mol. The van der Waals surface area contributed by atoms with Crippen LogP contribution < -0.4 is 0 Å². The third-order valence-electron chi connectivity index (χ3n) is 5.97. The summed E-state index contributed by atoms with van der Waals surface area (Å²) in [5.74, 6) is 0.316. The molecule has 0 unspecified atom stereocenters. The number of thiophene rings is 1. The third-order valence-corrected chi connectivity index (χ3v) is 9.34. The number of sulfonamides is 1. The highest BCUT2D eigenvalue weighted by Crippen LogP contribution is 2.32. The maximum Gasteiger partial charge on any atom is 0.288 e. The first-order valence-corrected chi connectivity index (χ1v) is 12.3. The molecule has 3 heterocycles. The normalized spacial score (nSPS) is 19.0. The SMILES string of the molecule is Cc1nn(C(=O)c2cc3c(s2)CCCC3)c(C)c1S(=O)(=O)N1CCC(C)CC1. The van der Waals surface area contributed by atoms with Crippen molar-refractivity contribution in [2.75, 3.05) is 13.1 Å². The Balaban J connectivity index is 1.67. The van der Waals surface area contributed by atoms with Gasteiger partial charge in [-0.2, -0.15) is 14.1 Å². The van der Waals surface area contributed by atoms with Gasteiger partial charge in [-0.15, -0.1) is 11.3 Å². The summed E-state index contributed by atoms with van der Waals surface area (Å²) in [4.78, 5) is 15.2. The van der Waals surface area contributed by atoms with Gasteiger partial charge in [-0.05, 0) is 69.9 Å². The zero-order valence-corrected chi connectivity index (χ0v) is 18.3. The molecule has 2 aromatic rings. The molecule has 1 saturated heterocycles. The number of aromatic nitrogens is 2. The van der Waals surface area contributed by atoms with Crippen LogP contribution in [0, 0.1) is 19.8 Å². The van der Waals surface area contributed by atoms with Crippen molar-refractivity contribution < 1.29 is 13.2 Å². The number of fused-ring (bicyclic) bond motifs is 1. The summed E-state index contributed by atoms with van der Waals surface area (Å²) >= 11 is 1.53. The predicted octanol–water partition coefficient (Wildman–Crippen LogP) is 3.55. The van der Waals surface area contributed by atoms with Crippen molar-refractivity contribution in [1.82, 2.24) is 14.1 Å². The first kappa shape index (κ1) is 19.8.